The fourth-order valence-electron chi connectivity index (χ4n) is 9.99. The van der Waals surface area contributed by atoms with Gasteiger partial charge in [0, 0.05) is 26.1 Å². The van der Waals surface area contributed by atoms with Crippen LogP contribution in [0.4, 0.5) is 9.59 Å². The average molecular weight is 1520 g/mol. The van der Waals surface area contributed by atoms with E-state index < -0.39 is 29.9 Å². The van der Waals surface area contributed by atoms with E-state index in [4.69, 9.17) is 123 Å². The normalized spacial score (nSPS) is 14.3. The molecule has 1 aliphatic heterocycles. The fraction of sp³-hybridized carbons (Fsp3) is 0.797. The Morgan fingerprint density at radius 2 is 0.604 bits per heavy atom. The molecule has 612 valence electrons. The molecule has 0 spiro atoms. The molecule has 3 amide bonds. The number of rotatable bonds is 76. The molecule has 0 saturated carbocycles. The lowest BCUT2D eigenvalue weighted by atomic mass is 9.98. The van der Waals surface area contributed by atoms with Gasteiger partial charge >= 0.3 is 12.2 Å². The van der Waals surface area contributed by atoms with Gasteiger partial charge in [-0.15, -0.1) is 0 Å². The summed E-state index contributed by atoms with van der Waals surface area (Å²) in [7, 11) is 1.64. The van der Waals surface area contributed by atoms with E-state index in [-0.39, 0.29) is 44.5 Å². The van der Waals surface area contributed by atoms with Gasteiger partial charge in [-0.05, 0) is 49.4 Å². The Hall–Kier alpha value is -4.51. The standard InChI is InChI=1S/C74H127N3O29/c1-74(2,3)106-72(79)76-64-61-70(77(62-64)73(80)105-63-69-67-11-7-5-9-65(67)66-10-6-8-12-68(66)69)71(78)75-13-14-82-17-18-84-21-22-86-25-26-88-29-30-90-33-34-92-37-38-94-41-42-96-45-46-98-49-50-100-53-54-102-57-58-104-60-59-103-56-55-101-52-51-99-48-47-97-44-43-95-40-39-93-36-35-91-32-31-89-28-27-87-24-23-85-20-19-83-16-15-81-4/h5-12,64,69-70H,13-63H2,1-4H3,(H,75,78)(H,76,79). The summed E-state index contributed by atoms with van der Waals surface area (Å²) >= 11 is 0. The molecule has 0 radical (unpaired) electrons. The predicted molar refractivity (Wildman–Crippen MR) is 387 cm³/mol. The molecule has 0 bridgehead atoms. The predicted octanol–water partition coefficient (Wildman–Crippen LogP) is 4.05. The zero-order chi connectivity index (χ0) is 75.4. The Balaban J connectivity index is 0.759. The summed E-state index contributed by atoms with van der Waals surface area (Å²) in [5, 5.41) is 5.68. The van der Waals surface area contributed by atoms with Gasteiger partial charge in [0.2, 0.25) is 5.91 Å². The lowest BCUT2D eigenvalue weighted by molar-refractivity contribution is -0.125. The molecule has 2 N–H and O–H groups in total. The quantitative estimate of drug-likeness (QED) is 0.0882. The highest BCUT2D eigenvalue weighted by Gasteiger charge is 2.42. The molecule has 0 aromatic heterocycles. The van der Waals surface area contributed by atoms with Gasteiger partial charge in [-0.2, -0.15) is 0 Å². The van der Waals surface area contributed by atoms with Crippen molar-refractivity contribution < 1.29 is 138 Å². The van der Waals surface area contributed by atoms with Gasteiger partial charge in [0.25, 0.3) is 0 Å². The Morgan fingerprint density at radius 1 is 0.358 bits per heavy atom. The zero-order valence-corrected chi connectivity index (χ0v) is 63.7. The van der Waals surface area contributed by atoms with Gasteiger partial charge in [0.05, 0.1) is 317 Å². The molecule has 1 fully saturated rings. The number of likely N-dealkylation sites (tertiary alicyclic amines) is 1. The van der Waals surface area contributed by atoms with Crippen LogP contribution in [0.2, 0.25) is 0 Å². The van der Waals surface area contributed by atoms with Crippen molar-refractivity contribution in [1.29, 1.82) is 0 Å². The molecule has 2 atom stereocenters. The van der Waals surface area contributed by atoms with Crippen LogP contribution in [0.3, 0.4) is 0 Å². The molecule has 1 saturated heterocycles. The fourth-order valence-corrected chi connectivity index (χ4v) is 9.99. The second-order valence-electron chi connectivity index (χ2n) is 24.4. The van der Waals surface area contributed by atoms with Gasteiger partial charge in [-0.1, -0.05) is 48.5 Å². The summed E-state index contributed by atoms with van der Waals surface area (Å²) < 4.78 is 143. The molecule has 32 heteroatoms. The first-order valence-electron chi connectivity index (χ1n) is 37.3. The Kier molecular flexibility index (Phi) is 59.7. The van der Waals surface area contributed by atoms with E-state index in [1.54, 1.807) is 27.9 Å². The topological polar surface area (TPSA) is 318 Å². The van der Waals surface area contributed by atoms with Crippen LogP contribution in [0.5, 0.6) is 0 Å². The smallest absolute Gasteiger partial charge is 0.410 e. The van der Waals surface area contributed by atoms with E-state index in [0.717, 1.165) is 22.3 Å². The van der Waals surface area contributed by atoms with Gasteiger partial charge < -0.3 is 134 Å². The summed E-state index contributed by atoms with van der Waals surface area (Å²) in [4.78, 5) is 41.2. The van der Waals surface area contributed by atoms with Gasteiger partial charge in [0.15, 0.2) is 0 Å². The van der Waals surface area contributed by atoms with Crippen LogP contribution in [-0.4, -0.2) is 378 Å². The highest BCUT2D eigenvalue weighted by molar-refractivity contribution is 5.87. The van der Waals surface area contributed by atoms with Gasteiger partial charge in [-0.3, -0.25) is 9.69 Å². The Morgan fingerprint density at radius 3 is 0.858 bits per heavy atom. The third kappa shape index (κ3) is 51.1. The number of ether oxygens (including phenoxy) is 26. The monoisotopic (exact) mass is 1520 g/mol. The third-order valence-electron chi connectivity index (χ3n) is 15.1. The van der Waals surface area contributed by atoms with E-state index in [9.17, 15) is 14.4 Å². The van der Waals surface area contributed by atoms with Crippen molar-refractivity contribution in [2.45, 2.75) is 50.8 Å². The number of benzene rings is 2. The second-order valence-corrected chi connectivity index (χ2v) is 24.4. The molecule has 2 aromatic rings. The first kappa shape index (κ1) is 93.9. The zero-order valence-electron chi connectivity index (χ0n) is 63.7. The number of hydrogen-bond acceptors (Lipinski definition) is 29. The van der Waals surface area contributed by atoms with Crippen molar-refractivity contribution in [2.24, 2.45) is 0 Å². The largest absolute Gasteiger partial charge is 0.448 e. The number of carbonyl (C=O) groups is 3. The van der Waals surface area contributed by atoms with Gasteiger partial charge in [0.1, 0.15) is 18.2 Å². The number of carbonyl (C=O) groups excluding carboxylic acids is 3. The number of amides is 3. The van der Waals surface area contributed by atoms with Gasteiger partial charge in [-0.25, -0.2) is 9.59 Å². The van der Waals surface area contributed by atoms with E-state index in [0.29, 0.717) is 304 Å². The minimum Gasteiger partial charge on any atom is -0.448 e. The molecule has 2 unspecified atom stereocenters. The number of alkyl carbamates (subject to hydrolysis) is 1. The van der Waals surface area contributed by atoms with Crippen LogP contribution in [0.15, 0.2) is 48.5 Å². The number of hydrogen-bond donors (Lipinski definition) is 2. The minimum atomic E-state index is -0.874. The molecular weight excluding hydrogens is 1390 g/mol. The SMILES string of the molecule is COCCOCCOCCOCCOCCOCCOCCOCCOCCOCCOCCOCCOCCOCCOCCOCCOCCOCCOCCOCCOCCOCCOCCOCCNC(=O)C1CC(NC(=O)OC(C)(C)C)CN1C(=O)OCC1c2ccccc2-c2ccccc21. The molecular formula is C74H127N3O29. The molecule has 32 nitrogen and oxygen atoms in total. The summed E-state index contributed by atoms with van der Waals surface area (Å²) in [5.74, 6) is -0.522. The molecule has 1 aliphatic carbocycles. The van der Waals surface area contributed by atoms with E-state index in [2.05, 4.69) is 22.8 Å². The van der Waals surface area contributed by atoms with Crippen LogP contribution < -0.4 is 10.6 Å². The maximum absolute atomic E-state index is 13.7. The van der Waals surface area contributed by atoms with Crippen molar-refractivity contribution >= 4 is 18.1 Å². The Bertz CT molecular complexity index is 2330. The van der Waals surface area contributed by atoms with Crippen molar-refractivity contribution in [3.05, 3.63) is 59.7 Å². The van der Waals surface area contributed by atoms with Crippen molar-refractivity contribution in [3.8, 4) is 11.1 Å². The molecule has 2 aromatic carbocycles. The lowest BCUT2D eigenvalue weighted by Crippen LogP contribution is -2.47. The summed E-state index contributed by atoms with van der Waals surface area (Å²) in [6, 6.07) is 14.8. The van der Waals surface area contributed by atoms with E-state index in [1.807, 2.05) is 36.4 Å². The number of fused-ring (bicyclic) bond motifs is 3. The van der Waals surface area contributed by atoms with Crippen LogP contribution in [0, 0.1) is 0 Å². The van der Waals surface area contributed by atoms with Crippen molar-refractivity contribution in [2.75, 3.05) is 337 Å². The highest BCUT2D eigenvalue weighted by atomic mass is 16.6. The minimum absolute atomic E-state index is 0.0822. The van der Waals surface area contributed by atoms with E-state index in [1.165, 1.54) is 4.90 Å². The number of nitrogens with zero attached hydrogens (tertiary/aromatic N) is 1. The second kappa shape index (κ2) is 67.4. The maximum atomic E-state index is 13.7. The van der Waals surface area contributed by atoms with Crippen LogP contribution in [0.1, 0.15) is 44.2 Å². The van der Waals surface area contributed by atoms with Crippen molar-refractivity contribution in [3.63, 3.8) is 0 Å². The average Bonchev–Trinajstić information content (AvgIpc) is 1.62. The summed E-state index contributed by atoms with van der Waals surface area (Å²) in [5.41, 5.74) is 3.67. The Labute approximate surface area is 627 Å². The third-order valence-corrected chi connectivity index (χ3v) is 15.1. The van der Waals surface area contributed by atoms with Crippen LogP contribution in [0.25, 0.3) is 11.1 Å². The molecule has 4 rings (SSSR count). The highest BCUT2D eigenvalue weighted by Crippen LogP contribution is 2.44. The van der Waals surface area contributed by atoms with E-state index >= 15 is 0 Å². The molecule has 1 heterocycles. The molecule has 106 heavy (non-hydrogen) atoms. The number of nitrogens with one attached hydrogen (secondary N) is 2. The van der Waals surface area contributed by atoms with Crippen molar-refractivity contribution in [1.82, 2.24) is 15.5 Å². The summed E-state index contributed by atoms with van der Waals surface area (Å²) in [6.07, 6.45) is -1.07. The first-order chi connectivity index (χ1) is 52.2. The van der Waals surface area contributed by atoms with Crippen LogP contribution in [-0.2, 0) is 128 Å². The lowest BCUT2D eigenvalue weighted by Gasteiger charge is -2.24. The first-order valence-corrected chi connectivity index (χ1v) is 37.3. The summed E-state index contributed by atoms with van der Waals surface area (Å²) in [6.45, 7) is 27.6. The molecule has 2 aliphatic rings. The number of methoxy groups -OCH3 is 1. The van der Waals surface area contributed by atoms with Crippen LogP contribution >= 0.6 is 0 Å². The maximum Gasteiger partial charge on any atom is 0.410 e.